The van der Waals surface area contributed by atoms with Gasteiger partial charge in [-0.05, 0) is 36.6 Å². The molecule has 0 aliphatic carbocycles. The van der Waals surface area contributed by atoms with Crippen molar-refractivity contribution in [2.75, 3.05) is 16.8 Å². The molecule has 0 fully saturated rings. The lowest BCUT2D eigenvalue weighted by Crippen LogP contribution is -2.32. The first-order valence-electron chi connectivity index (χ1n) is 8.21. The van der Waals surface area contributed by atoms with Gasteiger partial charge in [-0.1, -0.05) is 24.3 Å². The van der Waals surface area contributed by atoms with Gasteiger partial charge in [0.15, 0.2) is 0 Å². The van der Waals surface area contributed by atoms with Crippen LogP contribution in [0.2, 0.25) is 0 Å². The van der Waals surface area contributed by atoms with E-state index in [1.165, 1.54) is 11.1 Å². The van der Waals surface area contributed by atoms with Crippen LogP contribution in [0.3, 0.4) is 0 Å². The Hall–Kier alpha value is -2.82. The number of aromatic nitrogens is 2. The second kappa shape index (κ2) is 6.35. The molecule has 0 saturated heterocycles. The molecule has 24 heavy (non-hydrogen) atoms. The molecule has 0 unspecified atom stereocenters. The van der Waals surface area contributed by atoms with Crippen LogP contribution in [0.25, 0.3) is 0 Å². The summed E-state index contributed by atoms with van der Waals surface area (Å²) < 4.78 is 5.35. The average Bonchev–Trinajstić information content (AvgIpc) is 3.13. The maximum absolute atomic E-state index is 5.35. The first-order chi connectivity index (χ1) is 11.8. The van der Waals surface area contributed by atoms with Crippen LogP contribution in [0, 0.1) is 6.92 Å². The lowest BCUT2D eigenvalue weighted by molar-refractivity contribution is 0.517. The third-order valence-corrected chi connectivity index (χ3v) is 4.28. The number of nitrogens with one attached hydrogen (secondary N) is 1. The third kappa shape index (κ3) is 3.11. The van der Waals surface area contributed by atoms with Gasteiger partial charge >= 0.3 is 0 Å². The molecule has 0 bridgehead atoms. The molecule has 0 radical (unpaired) electrons. The molecule has 1 aliphatic heterocycles. The van der Waals surface area contributed by atoms with Crippen molar-refractivity contribution in [3.63, 3.8) is 0 Å². The van der Waals surface area contributed by atoms with Crippen molar-refractivity contribution in [3.05, 3.63) is 71.3 Å². The highest BCUT2D eigenvalue weighted by Gasteiger charge is 2.18. The van der Waals surface area contributed by atoms with Gasteiger partial charge in [-0.15, -0.1) is 0 Å². The molecule has 5 heteroatoms. The van der Waals surface area contributed by atoms with E-state index in [4.69, 9.17) is 9.40 Å². The summed E-state index contributed by atoms with van der Waals surface area (Å²) in [5.41, 5.74) is 3.75. The van der Waals surface area contributed by atoms with Gasteiger partial charge in [0.05, 0.1) is 12.8 Å². The van der Waals surface area contributed by atoms with Gasteiger partial charge in [-0.2, -0.15) is 4.98 Å². The van der Waals surface area contributed by atoms with Crippen LogP contribution < -0.4 is 10.2 Å². The number of benzene rings is 1. The average molecular weight is 320 g/mol. The predicted molar refractivity (Wildman–Crippen MR) is 94.0 cm³/mol. The zero-order chi connectivity index (χ0) is 16.4. The Morgan fingerprint density at radius 1 is 1.12 bits per heavy atom. The van der Waals surface area contributed by atoms with Crippen LogP contribution >= 0.6 is 0 Å². The summed E-state index contributed by atoms with van der Waals surface area (Å²) in [6.07, 6.45) is 2.71. The Balaban J connectivity index is 1.53. The minimum Gasteiger partial charge on any atom is -0.467 e. The summed E-state index contributed by atoms with van der Waals surface area (Å²) in [4.78, 5) is 11.6. The standard InChI is InChI=1S/C19H20N4O/c1-14-11-18(20-12-17-7-4-10-24-17)22-19(21-14)23-9-8-15-5-2-3-6-16(15)13-23/h2-7,10-11H,8-9,12-13H2,1H3,(H,20,21,22). The van der Waals surface area contributed by atoms with Crippen molar-refractivity contribution >= 4 is 11.8 Å². The van der Waals surface area contributed by atoms with Gasteiger partial charge in [0, 0.05) is 24.8 Å². The molecule has 4 rings (SSSR count). The Bertz CT molecular complexity index is 829. The van der Waals surface area contributed by atoms with E-state index in [-0.39, 0.29) is 0 Å². The summed E-state index contributed by atoms with van der Waals surface area (Å²) in [6, 6.07) is 14.4. The molecule has 5 nitrogen and oxygen atoms in total. The van der Waals surface area contributed by atoms with E-state index >= 15 is 0 Å². The minimum atomic E-state index is 0.617. The van der Waals surface area contributed by atoms with Crippen LogP contribution in [0.5, 0.6) is 0 Å². The number of hydrogen-bond donors (Lipinski definition) is 1. The number of furan rings is 1. The highest BCUT2D eigenvalue weighted by atomic mass is 16.3. The number of nitrogens with zero attached hydrogens (tertiary/aromatic N) is 3. The number of fused-ring (bicyclic) bond motifs is 1. The predicted octanol–water partition coefficient (Wildman–Crippen LogP) is 3.55. The topological polar surface area (TPSA) is 54.2 Å². The van der Waals surface area contributed by atoms with Crippen LogP contribution in [0.15, 0.2) is 53.1 Å². The molecule has 3 aromatic rings. The summed E-state index contributed by atoms with van der Waals surface area (Å²) >= 11 is 0. The SMILES string of the molecule is Cc1cc(NCc2ccco2)nc(N2CCc3ccccc3C2)n1. The van der Waals surface area contributed by atoms with Crippen LogP contribution in [-0.4, -0.2) is 16.5 Å². The van der Waals surface area contributed by atoms with Crippen molar-refractivity contribution in [2.24, 2.45) is 0 Å². The van der Waals surface area contributed by atoms with Gasteiger partial charge in [0.25, 0.3) is 0 Å². The first kappa shape index (κ1) is 14.8. The largest absolute Gasteiger partial charge is 0.467 e. The molecule has 0 spiro atoms. The molecule has 1 aliphatic rings. The molecule has 122 valence electrons. The summed E-state index contributed by atoms with van der Waals surface area (Å²) in [5, 5.41) is 3.31. The molecule has 0 atom stereocenters. The van der Waals surface area contributed by atoms with Gasteiger partial charge < -0.3 is 14.6 Å². The molecule has 2 aromatic heterocycles. The van der Waals surface area contributed by atoms with E-state index in [2.05, 4.69) is 39.5 Å². The fraction of sp³-hybridized carbons (Fsp3) is 0.263. The Kier molecular flexibility index (Phi) is 3.91. The van der Waals surface area contributed by atoms with E-state index in [1.54, 1.807) is 6.26 Å². The van der Waals surface area contributed by atoms with Gasteiger partial charge in [0.2, 0.25) is 5.95 Å². The Morgan fingerprint density at radius 3 is 2.83 bits per heavy atom. The monoisotopic (exact) mass is 320 g/mol. The van der Waals surface area contributed by atoms with Gasteiger partial charge in [0.1, 0.15) is 11.6 Å². The van der Waals surface area contributed by atoms with Crippen LogP contribution in [0.1, 0.15) is 22.6 Å². The Morgan fingerprint density at radius 2 is 2.00 bits per heavy atom. The van der Waals surface area contributed by atoms with Crippen LogP contribution in [0.4, 0.5) is 11.8 Å². The Labute approximate surface area is 141 Å². The van der Waals surface area contributed by atoms with Crippen molar-refractivity contribution in [3.8, 4) is 0 Å². The summed E-state index contributed by atoms with van der Waals surface area (Å²) in [5.74, 6) is 2.50. The van der Waals surface area contributed by atoms with E-state index in [0.717, 1.165) is 42.7 Å². The van der Waals surface area contributed by atoms with Gasteiger partial charge in [-0.3, -0.25) is 0 Å². The summed E-state index contributed by atoms with van der Waals surface area (Å²) in [6.45, 7) is 4.42. The molecular weight excluding hydrogens is 300 g/mol. The molecule has 1 aromatic carbocycles. The first-order valence-corrected chi connectivity index (χ1v) is 8.21. The number of aryl methyl sites for hydroxylation is 1. The zero-order valence-corrected chi connectivity index (χ0v) is 13.7. The van der Waals surface area contributed by atoms with E-state index < -0.39 is 0 Å². The molecular formula is C19H20N4O. The van der Waals surface area contributed by atoms with Gasteiger partial charge in [-0.25, -0.2) is 4.98 Å². The lowest BCUT2D eigenvalue weighted by atomic mass is 10.0. The molecule has 0 amide bonds. The lowest BCUT2D eigenvalue weighted by Gasteiger charge is -2.29. The molecule has 3 heterocycles. The van der Waals surface area contributed by atoms with E-state index in [1.807, 2.05) is 25.1 Å². The normalized spacial score (nSPS) is 13.6. The fourth-order valence-corrected chi connectivity index (χ4v) is 3.04. The van der Waals surface area contributed by atoms with Crippen molar-refractivity contribution in [1.82, 2.24) is 9.97 Å². The number of rotatable bonds is 4. The minimum absolute atomic E-state index is 0.617. The zero-order valence-electron chi connectivity index (χ0n) is 13.7. The molecule has 0 saturated carbocycles. The van der Waals surface area contributed by atoms with Crippen LogP contribution in [-0.2, 0) is 19.5 Å². The quantitative estimate of drug-likeness (QED) is 0.796. The second-order valence-corrected chi connectivity index (χ2v) is 6.07. The highest BCUT2D eigenvalue weighted by Crippen LogP contribution is 2.23. The van der Waals surface area contributed by atoms with E-state index in [0.29, 0.717) is 6.54 Å². The number of anilines is 2. The number of hydrogen-bond acceptors (Lipinski definition) is 5. The smallest absolute Gasteiger partial charge is 0.227 e. The fourth-order valence-electron chi connectivity index (χ4n) is 3.04. The summed E-state index contributed by atoms with van der Waals surface area (Å²) in [7, 11) is 0. The van der Waals surface area contributed by atoms with Crippen molar-refractivity contribution < 1.29 is 4.42 Å². The highest BCUT2D eigenvalue weighted by molar-refractivity contribution is 5.46. The van der Waals surface area contributed by atoms with Crippen molar-refractivity contribution in [2.45, 2.75) is 26.4 Å². The van der Waals surface area contributed by atoms with Crippen molar-refractivity contribution in [1.29, 1.82) is 0 Å². The molecule has 1 N–H and O–H groups in total. The maximum atomic E-state index is 5.35. The maximum Gasteiger partial charge on any atom is 0.227 e. The van der Waals surface area contributed by atoms with E-state index in [9.17, 15) is 0 Å². The second-order valence-electron chi connectivity index (χ2n) is 6.07. The third-order valence-electron chi connectivity index (χ3n) is 4.28.